The molecule has 5 aromatic rings. The van der Waals surface area contributed by atoms with Crippen molar-refractivity contribution in [3.63, 3.8) is 0 Å². The lowest BCUT2D eigenvalue weighted by Crippen LogP contribution is -2.54. The summed E-state index contributed by atoms with van der Waals surface area (Å²) in [6.45, 7) is 43.6. The van der Waals surface area contributed by atoms with Crippen LogP contribution in [0.2, 0.25) is 118 Å². The van der Waals surface area contributed by atoms with Crippen molar-refractivity contribution in [3.8, 4) is 0 Å². The van der Waals surface area contributed by atoms with E-state index in [1.165, 1.54) is 6.92 Å². The van der Waals surface area contributed by atoms with Crippen LogP contribution in [0.3, 0.4) is 0 Å². The molecule has 0 radical (unpaired) electrons. The fourth-order valence-electron chi connectivity index (χ4n) is 9.21. The van der Waals surface area contributed by atoms with Crippen molar-refractivity contribution in [1.82, 2.24) is 0 Å². The van der Waals surface area contributed by atoms with Gasteiger partial charge >= 0.3 is 77.0 Å². The van der Waals surface area contributed by atoms with Crippen molar-refractivity contribution in [2.24, 2.45) is 0 Å². The Balaban J connectivity index is 0.000000714. The Hall–Kier alpha value is -1.55. The van der Waals surface area contributed by atoms with E-state index in [1.807, 2.05) is 174 Å². The van der Waals surface area contributed by atoms with Gasteiger partial charge in [0.1, 0.15) is 6.61 Å². The molecule has 0 aliphatic heterocycles. The number of ether oxygens (including phenoxy) is 2. The van der Waals surface area contributed by atoms with Crippen molar-refractivity contribution in [2.45, 2.75) is 220 Å². The molecule has 3 atom stereocenters. The lowest BCUT2D eigenvalue weighted by atomic mass is 10.1. The number of benzene rings is 5. The maximum Gasteiger partial charge on any atom is 0.323 e. The van der Waals surface area contributed by atoms with E-state index in [-0.39, 0.29) is 6.61 Å². The van der Waals surface area contributed by atoms with Crippen LogP contribution in [0.4, 0.5) is 0 Å². The van der Waals surface area contributed by atoms with Crippen LogP contribution in [0.1, 0.15) is 76.4 Å². The van der Waals surface area contributed by atoms with E-state index in [9.17, 15) is 19.8 Å². The van der Waals surface area contributed by atoms with Gasteiger partial charge in [-0.1, -0.05) is 121 Å². The van der Waals surface area contributed by atoms with E-state index in [0.29, 0.717) is 76.4 Å². The van der Waals surface area contributed by atoms with Crippen molar-refractivity contribution in [3.05, 3.63) is 177 Å². The number of halogens is 4. The van der Waals surface area contributed by atoms with E-state index < -0.39 is 95.4 Å². The summed E-state index contributed by atoms with van der Waals surface area (Å²) < 4.78 is 72.8. The van der Waals surface area contributed by atoms with Crippen LogP contribution in [0.15, 0.2) is 121 Å². The van der Waals surface area contributed by atoms with Gasteiger partial charge in [0.2, 0.25) is 0 Å². The Morgan fingerprint density at radius 3 is 0.596 bits per heavy atom. The molecular weight excluding hydrogens is 1500 g/mol. The van der Waals surface area contributed by atoms with Crippen LogP contribution >= 0.6 is 46.4 Å². The van der Waals surface area contributed by atoms with Crippen LogP contribution in [-0.2, 0) is 120 Å². The van der Waals surface area contributed by atoms with E-state index in [0.717, 1.165) is 55.6 Å². The normalized spacial score (nSPS) is 13.5. The van der Waals surface area contributed by atoms with Gasteiger partial charge in [0.15, 0.2) is 0 Å². The molecule has 6 N–H and O–H groups in total. The number of hydrogen-bond acceptors (Lipinski definition) is 19. The second kappa shape index (κ2) is 46.5. The van der Waals surface area contributed by atoms with E-state index >= 15 is 0 Å². The second-order valence-corrected chi connectivity index (χ2v) is 60.5. The molecule has 0 spiro atoms. The summed E-state index contributed by atoms with van der Waals surface area (Å²) in [4.78, 5) is 22.7. The van der Waals surface area contributed by atoms with Gasteiger partial charge in [-0.3, -0.25) is 5.26 Å². The third kappa shape index (κ3) is 49.8. The predicted molar refractivity (Wildman–Crippen MR) is 421 cm³/mol. The monoisotopic (exact) mass is 1620 g/mol. The topological polar surface area (TPSA) is 241 Å². The molecule has 0 aliphatic carbocycles. The molecule has 5 aromatic carbocycles. The standard InChI is InChI=1S/C28H48O8Si3.C22H34Cl2O4Si3.C8H8Cl2.C6H20O4Si3.C3H8O3/c1-23(29)17-31-19-25-9-13-27(14-10-25)21-33-37(3,4)35-39(7,8)36-38(5,6)34-22-28-15-11-26(12-16-28)20-32-18-24(2)30;1-29(2,25-17-21-11-7-19(15-23)8-12-21)27-31(5,6)28-30(3,4)26-18-22-13-9-20(16-24)10-14-22;9-5-7-1-2-8(6-10)4-3-7;1-11(2,7)9-13(5,6)10-12(3,4)8;1-3(4)2-6-5/h9-16,23-24,29-30H,17-22H2,1-8H3;7-14H,15-18H2,1-6H3;1-4H,5-6H2;7-8H,1-6H3;3-5H,2H2,1H3. The average molecular weight is 1620 g/mol. The maximum absolute atomic E-state index is 9.56. The quantitative estimate of drug-likeness (QED) is 0.00931. The smallest absolute Gasteiger partial charge is 0.323 e. The molecule has 32 heteroatoms. The van der Waals surface area contributed by atoms with E-state index in [2.05, 4.69) is 44.2 Å². The summed E-state index contributed by atoms with van der Waals surface area (Å²) in [5, 5.41) is 34.5. The number of hydrogen-bond donors (Lipinski definition) is 6. The van der Waals surface area contributed by atoms with Gasteiger partial charge in [-0.05, 0) is 194 Å². The minimum atomic E-state index is -2.54. The van der Waals surface area contributed by atoms with Crippen molar-refractivity contribution < 1.29 is 86.9 Å². The summed E-state index contributed by atoms with van der Waals surface area (Å²) in [6, 6.07) is 40.4. The number of aliphatic hydroxyl groups is 3. The van der Waals surface area contributed by atoms with Crippen LogP contribution in [0, 0.1) is 0 Å². The molecule has 0 fully saturated rings. The first-order chi connectivity index (χ1) is 45.6. The minimum absolute atomic E-state index is 0.0139. The fourth-order valence-corrected chi connectivity index (χ4v) is 43.1. The first kappa shape index (κ1) is 95.5. The maximum atomic E-state index is 9.56. The highest BCUT2D eigenvalue weighted by Gasteiger charge is 2.44. The van der Waals surface area contributed by atoms with Crippen LogP contribution in [0.25, 0.3) is 0 Å². The molecule has 5 rings (SSSR count). The predicted octanol–water partition coefficient (Wildman–Crippen LogP) is 16.5. The lowest BCUT2D eigenvalue weighted by molar-refractivity contribution is -0.255. The Morgan fingerprint density at radius 2 is 0.444 bits per heavy atom. The number of alkyl halides is 4. The molecule has 564 valence electrons. The van der Waals surface area contributed by atoms with Gasteiger partial charge in [-0.2, -0.15) is 0 Å². The van der Waals surface area contributed by atoms with Crippen LogP contribution in [-0.4, -0.2) is 145 Å². The summed E-state index contributed by atoms with van der Waals surface area (Å²) in [5.41, 5.74) is 10.9. The summed E-state index contributed by atoms with van der Waals surface area (Å²) >= 11 is 22.9. The molecule has 0 saturated heterocycles. The number of aliphatic hydroxyl groups excluding tert-OH is 3. The van der Waals surface area contributed by atoms with E-state index in [4.69, 9.17) is 109 Å². The van der Waals surface area contributed by atoms with Crippen molar-refractivity contribution in [1.29, 1.82) is 0 Å². The zero-order valence-electron chi connectivity index (χ0n) is 62.5. The molecule has 0 amide bonds. The molecule has 0 bridgehead atoms. The van der Waals surface area contributed by atoms with Gasteiger partial charge < -0.3 is 76.8 Å². The molecule has 19 nitrogen and oxygen atoms in total. The summed E-state index contributed by atoms with van der Waals surface area (Å²) in [7, 11) is -22.1. The zero-order chi connectivity index (χ0) is 75.5. The Labute approximate surface area is 622 Å². The van der Waals surface area contributed by atoms with Gasteiger partial charge in [-0.25, -0.2) is 4.89 Å². The van der Waals surface area contributed by atoms with E-state index in [1.54, 1.807) is 40.0 Å². The van der Waals surface area contributed by atoms with Crippen LogP contribution < -0.4 is 0 Å². The van der Waals surface area contributed by atoms with Gasteiger partial charge in [0, 0.05) is 23.5 Å². The van der Waals surface area contributed by atoms with Crippen LogP contribution in [0.5, 0.6) is 0 Å². The number of rotatable bonds is 38. The van der Waals surface area contributed by atoms with Gasteiger partial charge in [0.25, 0.3) is 0 Å². The van der Waals surface area contributed by atoms with Gasteiger partial charge in [-0.15, -0.1) is 46.4 Å². The largest absolute Gasteiger partial charge is 0.416 e. The average Bonchev–Trinajstić information content (AvgIpc) is 0.843. The van der Waals surface area contributed by atoms with Crippen molar-refractivity contribution >= 4 is 123 Å². The zero-order valence-corrected chi connectivity index (χ0v) is 74.5. The molecule has 0 saturated carbocycles. The highest BCUT2D eigenvalue weighted by Crippen LogP contribution is 2.27. The lowest BCUT2D eigenvalue weighted by Gasteiger charge is -2.37. The Kier molecular flexibility index (Phi) is 44.9. The highest BCUT2D eigenvalue weighted by atomic mass is 35.5. The second-order valence-electron chi connectivity index (χ2n) is 27.9. The molecular formula is C67H118Cl4O19Si9. The summed E-state index contributed by atoms with van der Waals surface area (Å²) in [5.74, 6) is 2.18. The molecule has 0 heterocycles. The molecule has 0 aromatic heterocycles. The fraction of sp³-hybridized carbons (Fsp3) is 0.552. The van der Waals surface area contributed by atoms with Crippen molar-refractivity contribution in [2.75, 3.05) is 19.8 Å². The third-order valence-corrected chi connectivity index (χ3v) is 40.9. The molecule has 3 unspecified atom stereocenters. The molecule has 99 heavy (non-hydrogen) atoms. The summed E-state index contributed by atoms with van der Waals surface area (Å²) in [6.07, 6.45) is -1.50. The Bertz CT molecular complexity index is 2740. The van der Waals surface area contributed by atoms with Gasteiger partial charge in [0.05, 0.1) is 71.2 Å². The third-order valence-electron chi connectivity index (χ3n) is 12.6. The SMILES string of the molecule is CC(O)COCc1ccc(CO[Si](C)(C)O[Si](C)(C)O[Si](C)(C)OCc2ccc(COCC(C)O)cc2)cc1.CC(O)COO.C[Si](C)(O)O[Si](C)(C)O[Si](C)(C)O.C[Si](C)(OCc1ccc(CCl)cc1)O[Si](C)(C)O[Si](C)(C)OCc1ccc(CCl)cc1.ClCc1ccc(CCl)cc1. The minimum Gasteiger partial charge on any atom is -0.416 e. The molecule has 0 aliphatic rings. The first-order valence-corrected chi connectivity index (χ1v) is 60.5. The first-order valence-electron chi connectivity index (χ1n) is 32.9. The highest BCUT2D eigenvalue weighted by molar-refractivity contribution is 6.86. The Morgan fingerprint density at radius 1 is 0.273 bits per heavy atom.